The highest BCUT2D eigenvalue weighted by Gasteiger charge is 2.35. The molecule has 9 aromatic rings. The quantitative estimate of drug-likeness (QED) is 0.123. The summed E-state index contributed by atoms with van der Waals surface area (Å²) in [7, 11) is 0. The van der Waals surface area contributed by atoms with Crippen LogP contribution in [0.25, 0.3) is 60.7 Å². The molecule has 7 aromatic carbocycles. The first-order valence-electron chi connectivity index (χ1n) is 20.7. The number of nitrogens with zero attached hydrogens (tertiary/aromatic N) is 2. The van der Waals surface area contributed by atoms with Crippen molar-refractivity contribution in [1.82, 2.24) is 0 Å². The van der Waals surface area contributed by atoms with Crippen LogP contribution in [0.3, 0.4) is 0 Å². The summed E-state index contributed by atoms with van der Waals surface area (Å²) in [6, 6.07) is 54.8. The van der Waals surface area contributed by atoms with Gasteiger partial charge < -0.3 is 14.6 Å². The molecule has 2 N–H and O–H groups in total. The van der Waals surface area contributed by atoms with Crippen molar-refractivity contribution in [1.29, 1.82) is 0 Å². The molecule has 5 heteroatoms. The maximum atomic E-state index is 6.88. The standard InChI is InChI=1S/C55H45N3O2/c1-5-39(34-17-9-7-10-18-34)51-46(6-2)59-49-26-16-23-40(52(49)51)36-28-30-47-43(31-36)50-38(21-15-25-48(50)60-47)33-57-54(35-19-11-8-12-20-35)58-53(56)37-27-29-42-41-22-13-14-24-44(41)55(3,4)45(42)32-37/h5,7-32H,6,33H2,1-4H3,(H2,56,57,58)/b39-5-. The number of amidine groups is 2. The molecule has 292 valence electrons. The van der Waals surface area contributed by atoms with Crippen molar-refractivity contribution in [2.75, 3.05) is 0 Å². The second-order valence-electron chi connectivity index (χ2n) is 16.0. The van der Waals surface area contributed by atoms with E-state index in [2.05, 4.69) is 149 Å². The molecule has 0 aliphatic heterocycles. The maximum Gasteiger partial charge on any atom is 0.157 e. The van der Waals surface area contributed by atoms with Crippen LogP contribution in [0.2, 0.25) is 0 Å². The number of nitrogens with two attached hydrogens (primary N) is 1. The van der Waals surface area contributed by atoms with E-state index in [1.165, 1.54) is 22.3 Å². The van der Waals surface area contributed by atoms with Gasteiger partial charge in [-0.2, -0.15) is 0 Å². The molecule has 10 rings (SSSR count). The predicted molar refractivity (Wildman–Crippen MR) is 249 cm³/mol. The van der Waals surface area contributed by atoms with Gasteiger partial charge in [0.05, 0.1) is 6.54 Å². The Hall–Kier alpha value is -7.24. The Balaban J connectivity index is 1.06. The Morgan fingerprint density at radius 1 is 0.617 bits per heavy atom. The van der Waals surface area contributed by atoms with E-state index in [0.717, 1.165) is 89.6 Å². The molecule has 2 heterocycles. The average molecular weight is 780 g/mol. The van der Waals surface area contributed by atoms with Gasteiger partial charge in [0, 0.05) is 44.7 Å². The van der Waals surface area contributed by atoms with Gasteiger partial charge >= 0.3 is 0 Å². The molecule has 0 radical (unpaired) electrons. The van der Waals surface area contributed by atoms with Crippen LogP contribution < -0.4 is 5.73 Å². The van der Waals surface area contributed by atoms with Gasteiger partial charge in [-0.1, -0.05) is 154 Å². The lowest BCUT2D eigenvalue weighted by Gasteiger charge is -2.21. The first kappa shape index (κ1) is 37.1. The van der Waals surface area contributed by atoms with Crippen LogP contribution in [0, 0.1) is 0 Å². The average Bonchev–Trinajstić information content (AvgIpc) is 3.93. The third kappa shape index (κ3) is 6.17. The Kier molecular flexibility index (Phi) is 9.17. The monoisotopic (exact) mass is 779 g/mol. The van der Waals surface area contributed by atoms with Crippen LogP contribution in [0.4, 0.5) is 0 Å². The molecule has 0 bridgehead atoms. The number of rotatable bonds is 8. The zero-order chi connectivity index (χ0) is 41.0. The van der Waals surface area contributed by atoms with Gasteiger partial charge in [-0.3, -0.25) is 4.99 Å². The van der Waals surface area contributed by atoms with Crippen LogP contribution in [0.5, 0.6) is 0 Å². The van der Waals surface area contributed by atoms with Gasteiger partial charge in [-0.15, -0.1) is 0 Å². The number of aliphatic imine (C=N–C) groups is 2. The summed E-state index contributed by atoms with van der Waals surface area (Å²) in [5, 5.41) is 3.18. The van der Waals surface area contributed by atoms with Crippen molar-refractivity contribution < 1.29 is 8.83 Å². The van der Waals surface area contributed by atoms with Crippen molar-refractivity contribution in [3.05, 3.63) is 209 Å². The Morgan fingerprint density at radius 2 is 1.30 bits per heavy atom. The van der Waals surface area contributed by atoms with Crippen LogP contribution in [-0.2, 0) is 18.4 Å². The van der Waals surface area contributed by atoms with Gasteiger partial charge in [0.2, 0.25) is 0 Å². The van der Waals surface area contributed by atoms with Crippen LogP contribution in [0.15, 0.2) is 183 Å². The molecular formula is C55H45N3O2. The Morgan fingerprint density at radius 3 is 2.07 bits per heavy atom. The first-order chi connectivity index (χ1) is 29.3. The number of aryl methyl sites for hydroxylation is 1. The highest BCUT2D eigenvalue weighted by atomic mass is 16.3. The zero-order valence-electron chi connectivity index (χ0n) is 34.3. The van der Waals surface area contributed by atoms with Crippen molar-refractivity contribution in [2.24, 2.45) is 15.7 Å². The Labute approximate surface area is 350 Å². The van der Waals surface area contributed by atoms with Crippen molar-refractivity contribution in [3.63, 3.8) is 0 Å². The van der Waals surface area contributed by atoms with Crippen LogP contribution in [0.1, 0.15) is 72.4 Å². The molecule has 0 unspecified atom stereocenters. The second-order valence-corrected chi connectivity index (χ2v) is 16.0. The van der Waals surface area contributed by atoms with Gasteiger partial charge in [0.1, 0.15) is 28.3 Å². The lowest BCUT2D eigenvalue weighted by molar-refractivity contribution is 0.555. The van der Waals surface area contributed by atoms with Gasteiger partial charge in [-0.05, 0) is 87.3 Å². The minimum absolute atomic E-state index is 0.145. The number of hydrogen-bond acceptors (Lipinski definition) is 3. The van der Waals surface area contributed by atoms with E-state index in [-0.39, 0.29) is 5.41 Å². The van der Waals surface area contributed by atoms with E-state index in [9.17, 15) is 0 Å². The van der Waals surface area contributed by atoms with Crippen molar-refractivity contribution in [2.45, 2.75) is 46.1 Å². The largest absolute Gasteiger partial charge is 0.460 e. The third-order valence-electron chi connectivity index (χ3n) is 12.2. The predicted octanol–water partition coefficient (Wildman–Crippen LogP) is 13.7. The van der Waals surface area contributed by atoms with E-state index in [1.807, 2.05) is 42.5 Å². The molecule has 60 heavy (non-hydrogen) atoms. The van der Waals surface area contributed by atoms with E-state index < -0.39 is 0 Å². The fourth-order valence-corrected chi connectivity index (χ4v) is 9.22. The fraction of sp³-hybridized carbons (Fsp3) is 0.127. The normalized spacial score (nSPS) is 14.0. The lowest BCUT2D eigenvalue weighted by atomic mass is 9.82. The van der Waals surface area contributed by atoms with Crippen molar-refractivity contribution in [3.8, 4) is 22.3 Å². The molecular weight excluding hydrogens is 735 g/mol. The molecule has 0 amide bonds. The highest BCUT2D eigenvalue weighted by Crippen LogP contribution is 2.49. The summed E-state index contributed by atoms with van der Waals surface area (Å²) in [5.41, 5.74) is 22.8. The number of furan rings is 2. The summed E-state index contributed by atoms with van der Waals surface area (Å²) < 4.78 is 13.1. The van der Waals surface area contributed by atoms with Crippen LogP contribution in [-0.4, -0.2) is 11.7 Å². The van der Waals surface area contributed by atoms with Crippen molar-refractivity contribution >= 4 is 50.2 Å². The van der Waals surface area contributed by atoms with E-state index in [4.69, 9.17) is 24.6 Å². The smallest absolute Gasteiger partial charge is 0.157 e. The highest BCUT2D eigenvalue weighted by molar-refractivity contribution is 6.13. The molecule has 5 nitrogen and oxygen atoms in total. The number of allylic oxidation sites excluding steroid dienone is 1. The van der Waals surface area contributed by atoms with Gasteiger partial charge in [-0.25, -0.2) is 4.99 Å². The molecule has 0 spiro atoms. The zero-order valence-corrected chi connectivity index (χ0v) is 34.3. The molecule has 0 saturated heterocycles. The summed E-state index contributed by atoms with van der Waals surface area (Å²) in [6.07, 6.45) is 2.98. The van der Waals surface area contributed by atoms with E-state index in [0.29, 0.717) is 18.2 Å². The summed E-state index contributed by atoms with van der Waals surface area (Å²) >= 11 is 0. The SMILES string of the molecule is C/C=C(/c1ccccc1)c1c(CC)oc2cccc(-c3ccc4oc5cccc(CN=C(N=C(N)c6ccc7c(c6)C(C)(C)c6ccccc6-7)c6ccccc6)c5c4c3)c12. The Bertz CT molecular complexity index is 3200. The number of fused-ring (bicyclic) bond motifs is 7. The number of hydrogen-bond donors (Lipinski definition) is 1. The van der Waals surface area contributed by atoms with Gasteiger partial charge in [0.25, 0.3) is 0 Å². The van der Waals surface area contributed by atoms with E-state index >= 15 is 0 Å². The maximum absolute atomic E-state index is 6.88. The molecule has 0 fully saturated rings. The molecule has 1 aliphatic carbocycles. The summed E-state index contributed by atoms with van der Waals surface area (Å²) in [4.78, 5) is 10.2. The second kappa shape index (κ2) is 14.9. The molecule has 2 aromatic heterocycles. The summed E-state index contributed by atoms with van der Waals surface area (Å²) in [6.45, 7) is 9.19. The minimum atomic E-state index is -0.145. The fourth-order valence-electron chi connectivity index (χ4n) is 9.22. The summed E-state index contributed by atoms with van der Waals surface area (Å²) in [5.74, 6) is 1.98. The minimum Gasteiger partial charge on any atom is -0.460 e. The van der Waals surface area contributed by atoms with Gasteiger partial charge in [0.15, 0.2) is 5.84 Å². The first-order valence-corrected chi connectivity index (χ1v) is 20.7. The third-order valence-corrected chi connectivity index (χ3v) is 12.2. The molecule has 0 atom stereocenters. The topological polar surface area (TPSA) is 77.0 Å². The molecule has 0 saturated carbocycles. The molecule has 1 aliphatic rings. The van der Waals surface area contributed by atoms with Crippen LogP contribution >= 0.6 is 0 Å². The van der Waals surface area contributed by atoms with E-state index in [1.54, 1.807) is 0 Å². The lowest BCUT2D eigenvalue weighted by Crippen LogP contribution is -2.19. The number of benzene rings is 7.